The number of hydrogen-bond donors (Lipinski definition) is 1. The maximum Gasteiger partial charge on any atom is 0.349 e. The number of esters is 1. The van der Waals surface area contributed by atoms with Gasteiger partial charge in [-0.3, -0.25) is 19.3 Å². The van der Waals surface area contributed by atoms with Crippen LogP contribution in [0.15, 0.2) is 88.1 Å². The molecule has 2 heterocycles. The molecule has 1 N–H and O–H groups in total. The van der Waals surface area contributed by atoms with Crippen molar-refractivity contribution in [3.63, 3.8) is 0 Å². The first-order chi connectivity index (χ1) is 18.3. The minimum absolute atomic E-state index is 0.0502. The van der Waals surface area contributed by atoms with E-state index in [1.165, 1.54) is 43.3 Å². The quantitative estimate of drug-likeness (QED) is 0.175. The lowest BCUT2D eigenvalue weighted by Crippen LogP contribution is -2.44. The molecule has 190 valence electrons. The minimum Gasteiger partial charge on any atom is -0.425 e. The first kappa shape index (κ1) is 24.6. The SMILES string of the molecule is CC(C(=O)Oc1ccc2cc(C(=O)NCCc3ccccc3)c(=O)oc2c1)N1C(=O)c2ccccc2C1=O. The van der Waals surface area contributed by atoms with Gasteiger partial charge in [-0.15, -0.1) is 0 Å². The zero-order valence-corrected chi connectivity index (χ0v) is 20.3. The van der Waals surface area contributed by atoms with Crippen LogP contribution in [0.3, 0.4) is 0 Å². The van der Waals surface area contributed by atoms with Crippen molar-refractivity contribution in [3.05, 3.63) is 112 Å². The van der Waals surface area contributed by atoms with Crippen molar-refractivity contribution >= 4 is 34.7 Å². The Morgan fingerprint density at radius 3 is 2.24 bits per heavy atom. The molecule has 0 saturated heterocycles. The summed E-state index contributed by atoms with van der Waals surface area (Å²) in [5, 5.41) is 3.17. The van der Waals surface area contributed by atoms with Gasteiger partial charge in [-0.2, -0.15) is 0 Å². The maximum atomic E-state index is 12.8. The molecule has 9 heteroatoms. The number of fused-ring (bicyclic) bond motifs is 2. The molecular weight excluding hydrogens is 488 g/mol. The van der Waals surface area contributed by atoms with E-state index in [4.69, 9.17) is 9.15 Å². The van der Waals surface area contributed by atoms with Gasteiger partial charge in [0.1, 0.15) is 22.9 Å². The van der Waals surface area contributed by atoms with Crippen LogP contribution in [0.2, 0.25) is 0 Å². The molecule has 0 spiro atoms. The van der Waals surface area contributed by atoms with Gasteiger partial charge in [-0.1, -0.05) is 42.5 Å². The number of benzene rings is 3. The lowest BCUT2D eigenvalue weighted by molar-refractivity contribution is -0.138. The molecule has 3 aromatic carbocycles. The summed E-state index contributed by atoms with van der Waals surface area (Å²) in [6, 6.07) is 20.5. The van der Waals surface area contributed by atoms with Crippen molar-refractivity contribution in [2.45, 2.75) is 19.4 Å². The van der Waals surface area contributed by atoms with E-state index in [2.05, 4.69) is 5.32 Å². The third-order valence-corrected chi connectivity index (χ3v) is 6.27. The number of ether oxygens (including phenoxy) is 1. The number of nitrogens with zero attached hydrogens (tertiary/aromatic N) is 1. The Hall–Kier alpha value is -5.05. The van der Waals surface area contributed by atoms with E-state index in [1.54, 1.807) is 12.1 Å². The molecule has 38 heavy (non-hydrogen) atoms. The van der Waals surface area contributed by atoms with E-state index < -0.39 is 35.4 Å². The van der Waals surface area contributed by atoms with Crippen molar-refractivity contribution in [1.82, 2.24) is 10.2 Å². The largest absolute Gasteiger partial charge is 0.425 e. The molecule has 1 aliphatic heterocycles. The number of amides is 3. The Balaban J connectivity index is 1.27. The second-order valence-corrected chi connectivity index (χ2v) is 8.76. The lowest BCUT2D eigenvalue weighted by Gasteiger charge is -2.20. The Kier molecular flexibility index (Phi) is 6.57. The molecule has 5 rings (SSSR count). The fourth-order valence-corrected chi connectivity index (χ4v) is 4.24. The van der Waals surface area contributed by atoms with E-state index in [0.717, 1.165) is 10.5 Å². The summed E-state index contributed by atoms with van der Waals surface area (Å²) in [5.41, 5.74) is 0.633. The third-order valence-electron chi connectivity index (χ3n) is 6.27. The minimum atomic E-state index is -1.19. The molecule has 0 bridgehead atoms. The van der Waals surface area contributed by atoms with Crippen molar-refractivity contribution in [2.75, 3.05) is 6.54 Å². The fraction of sp³-hybridized carbons (Fsp3) is 0.138. The summed E-state index contributed by atoms with van der Waals surface area (Å²) in [4.78, 5) is 64.0. The molecule has 1 aliphatic rings. The summed E-state index contributed by atoms with van der Waals surface area (Å²) in [7, 11) is 0. The first-order valence-electron chi connectivity index (χ1n) is 11.9. The highest BCUT2D eigenvalue weighted by molar-refractivity contribution is 6.22. The average molecular weight is 511 g/mol. The predicted octanol–water partition coefficient (Wildman–Crippen LogP) is 3.36. The van der Waals surface area contributed by atoms with Gasteiger partial charge < -0.3 is 14.5 Å². The molecular formula is C29H22N2O7. The fourth-order valence-electron chi connectivity index (χ4n) is 4.24. The number of hydrogen-bond acceptors (Lipinski definition) is 7. The lowest BCUT2D eigenvalue weighted by atomic mass is 10.1. The van der Waals surface area contributed by atoms with E-state index in [1.807, 2.05) is 30.3 Å². The van der Waals surface area contributed by atoms with Gasteiger partial charge in [0.2, 0.25) is 0 Å². The Morgan fingerprint density at radius 1 is 0.895 bits per heavy atom. The van der Waals surface area contributed by atoms with E-state index in [-0.39, 0.29) is 28.0 Å². The molecule has 9 nitrogen and oxygen atoms in total. The van der Waals surface area contributed by atoms with Crippen LogP contribution in [0.25, 0.3) is 11.0 Å². The van der Waals surface area contributed by atoms with Crippen molar-refractivity contribution in [3.8, 4) is 5.75 Å². The van der Waals surface area contributed by atoms with Gasteiger partial charge in [-0.25, -0.2) is 9.59 Å². The summed E-state index contributed by atoms with van der Waals surface area (Å²) in [5.74, 6) is -2.49. The molecule has 3 amide bonds. The molecule has 1 aromatic heterocycles. The number of carbonyl (C=O) groups is 4. The normalized spacial score (nSPS) is 13.3. The van der Waals surface area contributed by atoms with E-state index in [9.17, 15) is 24.0 Å². The first-order valence-corrected chi connectivity index (χ1v) is 11.9. The maximum absolute atomic E-state index is 12.8. The molecule has 1 atom stereocenters. The molecule has 0 saturated carbocycles. The summed E-state index contributed by atoms with van der Waals surface area (Å²) in [6.07, 6.45) is 0.610. The number of rotatable bonds is 7. The van der Waals surface area contributed by atoms with Gasteiger partial charge in [0.15, 0.2) is 0 Å². The summed E-state index contributed by atoms with van der Waals surface area (Å²) < 4.78 is 10.7. The molecule has 0 radical (unpaired) electrons. The van der Waals surface area contributed by atoms with Gasteiger partial charge in [-0.05, 0) is 49.2 Å². The highest BCUT2D eigenvalue weighted by Gasteiger charge is 2.41. The van der Waals surface area contributed by atoms with Crippen LogP contribution < -0.4 is 15.7 Å². The highest BCUT2D eigenvalue weighted by Crippen LogP contribution is 2.26. The molecule has 4 aromatic rings. The van der Waals surface area contributed by atoms with Crippen LogP contribution in [0.5, 0.6) is 5.75 Å². The van der Waals surface area contributed by atoms with Crippen LogP contribution in [0.1, 0.15) is 43.6 Å². The number of imide groups is 1. The van der Waals surface area contributed by atoms with Crippen LogP contribution >= 0.6 is 0 Å². The topological polar surface area (TPSA) is 123 Å². The number of nitrogens with one attached hydrogen (secondary N) is 1. The average Bonchev–Trinajstić information content (AvgIpc) is 3.18. The van der Waals surface area contributed by atoms with Crippen LogP contribution in [0.4, 0.5) is 0 Å². The second kappa shape index (κ2) is 10.1. The van der Waals surface area contributed by atoms with Crippen LogP contribution in [-0.2, 0) is 11.2 Å². The van der Waals surface area contributed by atoms with Crippen LogP contribution in [0, 0.1) is 0 Å². The van der Waals surface area contributed by atoms with Gasteiger partial charge in [0.05, 0.1) is 11.1 Å². The summed E-state index contributed by atoms with van der Waals surface area (Å²) >= 11 is 0. The van der Waals surface area contributed by atoms with E-state index >= 15 is 0 Å². The van der Waals surface area contributed by atoms with Gasteiger partial charge in [0.25, 0.3) is 17.7 Å². The van der Waals surface area contributed by atoms with Crippen molar-refractivity contribution in [2.24, 2.45) is 0 Å². The predicted molar refractivity (Wildman–Crippen MR) is 137 cm³/mol. The zero-order valence-electron chi connectivity index (χ0n) is 20.3. The second-order valence-electron chi connectivity index (χ2n) is 8.76. The monoisotopic (exact) mass is 510 g/mol. The van der Waals surface area contributed by atoms with Crippen LogP contribution in [-0.4, -0.2) is 41.2 Å². The van der Waals surface area contributed by atoms with Crippen molar-refractivity contribution < 1.29 is 28.3 Å². The standard InChI is InChI=1S/C29H22N2O7/c1-17(31-26(33)21-9-5-6-10-22(21)27(31)34)28(35)37-20-12-11-19-15-23(29(36)38-24(19)16-20)25(32)30-14-13-18-7-3-2-4-8-18/h2-12,15-17H,13-14H2,1H3,(H,30,32). The third kappa shape index (κ3) is 4.69. The van der Waals surface area contributed by atoms with Gasteiger partial charge in [0, 0.05) is 18.0 Å². The zero-order chi connectivity index (χ0) is 26.8. The van der Waals surface area contributed by atoms with Crippen molar-refractivity contribution in [1.29, 1.82) is 0 Å². The van der Waals surface area contributed by atoms with E-state index in [0.29, 0.717) is 18.4 Å². The Morgan fingerprint density at radius 2 is 1.55 bits per heavy atom. The molecule has 1 unspecified atom stereocenters. The summed E-state index contributed by atoms with van der Waals surface area (Å²) in [6.45, 7) is 1.74. The van der Waals surface area contributed by atoms with Gasteiger partial charge >= 0.3 is 11.6 Å². The molecule has 0 fully saturated rings. The highest BCUT2D eigenvalue weighted by atomic mass is 16.5. The molecule has 0 aliphatic carbocycles. The Labute approximate surface area is 216 Å². The number of carbonyl (C=O) groups excluding carboxylic acids is 4. The smallest absolute Gasteiger partial charge is 0.349 e. The Bertz CT molecular complexity index is 1610.